The summed E-state index contributed by atoms with van der Waals surface area (Å²) in [5.41, 5.74) is 14.5. The van der Waals surface area contributed by atoms with Crippen LogP contribution in [0.15, 0.2) is 206 Å². The lowest BCUT2D eigenvalue weighted by Gasteiger charge is -2.42. The molecule has 0 saturated carbocycles. The van der Waals surface area contributed by atoms with Crippen molar-refractivity contribution in [1.82, 2.24) is 0 Å². The zero-order valence-electron chi connectivity index (χ0n) is 54.0. The summed E-state index contributed by atoms with van der Waals surface area (Å²) in [6.45, 7) is 18.5. The van der Waals surface area contributed by atoms with Gasteiger partial charge in [0.15, 0.2) is 0 Å². The van der Waals surface area contributed by atoms with Gasteiger partial charge in [-0.3, -0.25) is 0 Å². The van der Waals surface area contributed by atoms with Gasteiger partial charge in [-0.1, -0.05) is 219 Å². The van der Waals surface area contributed by atoms with Crippen molar-refractivity contribution in [2.24, 2.45) is 0 Å². The molecule has 0 radical (unpaired) electrons. The van der Waals surface area contributed by atoms with E-state index in [1.807, 2.05) is 125 Å². The van der Waals surface area contributed by atoms with Crippen molar-refractivity contribution in [2.75, 3.05) is 32.9 Å². The Hall–Kier alpha value is -7.82. The average Bonchev–Trinajstić information content (AvgIpc) is 2.01. The minimum Gasteiger partial charge on any atom is -0.321 e. The molecule has 0 fully saturated rings. The molecule has 0 bridgehead atoms. The minimum absolute atomic E-state index is 0.0541. The van der Waals surface area contributed by atoms with Gasteiger partial charge in [-0.2, -0.15) is 0 Å². The SMILES string of the molecule is [2H]c1c(N2CN(c3c(-c4ccccc4)c([2H])c([2H])c([2H])c3-c3ccc4c(c3)C(C)(C)CCC4(C)C)c3ccccc32)cc(N2CN(c3c(-c4ccccc4)c([2H])c([2H])c([2H])c3-c3ccc4c(c3)C(C)(C)CCC4(C)C)c3ccccc32)c([2H])c1[2H]. The molecule has 0 saturated heterocycles. The van der Waals surface area contributed by atoms with Crippen LogP contribution in [0.25, 0.3) is 44.5 Å². The molecule has 0 atom stereocenters. The molecule has 0 spiro atoms. The molecule has 2 aliphatic heterocycles. The van der Waals surface area contributed by atoms with Gasteiger partial charge < -0.3 is 19.6 Å². The van der Waals surface area contributed by atoms with E-state index in [1.54, 1.807) is 0 Å². The monoisotopic (exact) mass is 1000 g/mol. The van der Waals surface area contributed by atoms with Gasteiger partial charge in [0.05, 0.1) is 46.5 Å². The summed E-state index contributed by atoms with van der Waals surface area (Å²) in [5, 5.41) is 0. The molecule has 9 aromatic rings. The molecule has 13 rings (SSSR count). The summed E-state index contributed by atoms with van der Waals surface area (Å²) >= 11 is 0. The number of anilines is 8. The van der Waals surface area contributed by atoms with Crippen molar-refractivity contribution in [3.8, 4) is 44.5 Å². The van der Waals surface area contributed by atoms with E-state index in [-0.39, 0.29) is 89.4 Å². The van der Waals surface area contributed by atoms with E-state index in [0.29, 0.717) is 45.0 Å². The number of hydrogen-bond acceptors (Lipinski definition) is 4. The lowest BCUT2D eigenvalue weighted by Crippen LogP contribution is -2.33. The smallest absolute Gasteiger partial charge is 0.100 e. The summed E-state index contributed by atoms with van der Waals surface area (Å²) in [7, 11) is 0. The summed E-state index contributed by atoms with van der Waals surface area (Å²) in [6.07, 6.45) is 4.06. The molecule has 2 aliphatic carbocycles. The van der Waals surface area contributed by atoms with Gasteiger partial charge in [0, 0.05) is 33.6 Å². The van der Waals surface area contributed by atoms with Crippen molar-refractivity contribution in [3.63, 3.8) is 0 Å². The molecule has 0 N–H and O–H groups in total. The molecule has 0 aromatic heterocycles. The summed E-state index contributed by atoms with van der Waals surface area (Å²) < 4.78 is 87.3. The van der Waals surface area contributed by atoms with E-state index >= 15 is 0 Å². The molecular weight excluding hydrogens is 921 g/mol. The summed E-state index contributed by atoms with van der Waals surface area (Å²) in [5.74, 6) is 0. The third-order valence-electron chi connectivity index (χ3n) is 17.4. The van der Waals surface area contributed by atoms with Crippen molar-refractivity contribution in [3.05, 3.63) is 228 Å². The fraction of sp³-hybridized carbons (Fsp3) is 0.250. The maximum atomic E-state index is 9.86. The molecule has 4 nitrogen and oxygen atoms in total. The fourth-order valence-electron chi connectivity index (χ4n) is 12.7. The molecular formula is C72H70N4. The van der Waals surface area contributed by atoms with E-state index in [9.17, 15) is 12.3 Å². The Bertz CT molecular complexity index is 3960. The first-order valence-corrected chi connectivity index (χ1v) is 27.0. The van der Waals surface area contributed by atoms with Crippen LogP contribution in [0.5, 0.6) is 0 Å². The van der Waals surface area contributed by atoms with Crippen LogP contribution in [0.1, 0.15) is 116 Å². The standard InChI is InChI=1S/C72H70N4/c1-69(2)40-42-71(5,6)61-44-51(36-38-59(61)69)57-30-20-28-55(49-22-11-9-12-23-49)67(57)75-47-73(63-32-15-17-34-65(63)75)53-26-19-27-54(46-53)74-48-76(66-35-18-16-33-64(66)74)68-56(50-24-13-10-14-25-50)29-21-31-58(68)52-37-39-60-62(45-52)72(7,8)43-41-70(60,3)4/h9-39,44-46H,40-43,47-48H2,1-8H3/i19D,20D,21D,26D,27D,28D,29D,30D,31D. The van der Waals surface area contributed by atoms with Crippen molar-refractivity contribution in [1.29, 1.82) is 0 Å². The van der Waals surface area contributed by atoms with E-state index in [1.165, 1.54) is 22.3 Å². The second-order valence-corrected chi connectivity index (χ2v) is 24.0. The third kappa shape index (κ3) is 7.94. The Morgan fingerprint density at radius 2 is 0.632 bits per heavy atom. The van der Waals surface area contributed by atoms with Crippen LogP contribution in [0, 0.1) is 0 Å². The summed E-state index contributed by atoms with van der Waals surface area (Å²) in [4.78, 5) is 8.19. The van der Waals surface area contributed by atoms with E-state index < -0.39 is 0 Å². The lowest BCUT2D eigenvalue weighted by atomic mass is 9.63. The van der Waals surface area contributed by atoms with Crippen molar-refractivity contribution < 1.29 is 12.3 Å². The molecule has 76 heavy (non-hydrogen) atoms. The van der Waals surface area contributed by atoms with Crippen LogP contribution < -0.4 is 19.6 Å². The molecule has 378 valence electrons. The summed E-state index contributed by atoms with van der Waals surface area (Å²) in [6, 6.07) is 48.8. The molecule has 4 heteroatoms. The lowest BCUT2D eigenvalue weighted by molar-refractivity contribution is 0.332. The fourth-order valence-corrected chi connectivity index (χ4v) is 12.7. The first kappa shape index (κ1) is 38.7. The first-order chi connectivity index (χ1) is 40.4. The van der Waals surface area contributed by atoms with Gasteiger partial charge in [-0.15, -0.1) is 0 Å². The number of para-hydroxylation sites is 6. The number of hydrogen-bond donors (Lipinski definition) is 0. The zero-order valence-corrected chi connectivity index (χ0v) is 45.0. The number of nitrogens with zero attached hydrogens (tertiary/aromatic N) is 4. The van der Waals surface area contributed by atoms with Crippen molar-refractivity contribution >= 4 is 45.5 Å². The average molecular weight is 1000 g/mol. The number of fused-ring (bicyclic) bond motifs is 4. The van der Waals surface area contributed by atoms with Crippen LogP contribution in [0.3, 0.4) is 0 Å². The highest BCUT2D eigenvalue weighted by molar-refractivity contribution is 6.01. The van der Waals surface area contributed by atoms with E-state index in [4.69, 9.17) is 0 Å². The topological polar surface area (TPSA) is 13.0 Å². The molecule has 0 amide bonds. The Labute approximate surface area is 464 Å². The second-order valence-electron chi connectivity index (χ2n) is 24.0. The van der Waals surface area contributed by atoms with Gasteiger partial charge in [0.2, 0.25) is 0 Å². The highest BCUT2D eigenvalue weighted by Gasteiger charge is 2.40. The Morgan fingerprint density at radius 3 is 1.01 bits per heavy atom. The first-order valence-electron chi connectivity index (χ1n) is 31.5. The highest BCUT2D eigenvalue weighted by Crippen LogP contribution is 2.55. The van der Waals surface area contributed by atoms with Crippen LogP contribution in [0.2, 0.25) is 0 Å². The molecule has 2 heterocycles. The Balaban J connectivity index is 0.986. The highest BCUT2D eigenvalue weighted by atomic mass is 15.4. The molecule has 9 aromatic carbocycles. The van der Waals surface area contributed by atoms with Gasteiger partial charge in [0.1, 0.15) is 13.3 Å². The minimum atomic E-state index is -0.268. The van der Waals surface area contributed by atoms with Crippen LogP contribution in [-0.4, -0.2) is 13.3 Å². The van der Waals surface area contributed by atoms with Gasteiger partial charge in [-0.05, 0) is 134 Å². The maximum Gasteiger partial charge on any atom is 0.100 e. The zero-order chi connectivity index (χ0) is 60.0. The number of benzene rings is 9. The predicted octanol–water partition coefficient (Wildman–Crippen LogP) is 19.5. The predicted molar refractivity (Wildman–Crippen MR) is 323 cm³/mol. The van der Waals surface area contributed by atoms with E-state index in [0.717, 1.165) is 70.7 Å². The van der Waals surface area contributed by atoms with Gasteiger partial charge >= 0.3 is 0 Å². The third-order valence-corrected chi connectivity index (χ3v) is 17.4. The van der Waals surface area contributed by atoms with Gasteiger partial charge in [-0.25, -0.2) is 0 Å². The normalized spacial score (nSPS) is 19.1. The Morgan fingerprint density at radius 1 is 0.316 bits per heavy atom. The van der Waals surface area contributed by atoms with Crippen molar-refractivity contribution in [2.45, 2.75) is 103 Å². The molecule has 4 aliphatic rings. The maximum absolute atomic E-state index is 9.86. The van der Waals surface area contributed by atoms with E-state index in [2.05, 4.69) is 102 Å². The largest absolute Gasteiger partial charge is 0.321 e. The van der Waals surface area contributed by atoms with Gasteiger partial charge in [0.25, 0.3) is 0 Å². The molecule has 0 unspecified atom stereocenters. The quantitative estimate of drug-likeness (QED) is 0.150. The Kier molecular flexibility index (Phi) is 9.12. The number of rotatable bonds is 8. The van der Waals surface area contributed by atoms with Crippen LogP contribution >= 0.6 is 0 Å². The van der Waals surface area contributed by atoms with Crippen LogP contribution in [0.4, 0.5) is 45.5 Å². The van der Waals surface area contributed by atoms with Crippen LogP contribution in [-0.2, 0) is 21.7 Å². The second kappa shape index (κ2) is 17.9.